The summed E-state index contributed by atoms with van der Waals surface area (Å²) >= 11 is 5.98. The summed E-state index contributed by atoms with van der Waals surface area (Å²) in [5.41, 5.74) is 2.37. The number of piperazine rings is 1. The van der Waals surface area contributed by atoms with Gasteiger partial charge in [-0.3, -0.25) is 4.90 Å². The highest BCUT2D eigenvalue weighted by atomic mass is 35.5. The van der Waals surface area contributed by atoms with E-state index in [1.165, 1.54) is 0 Å². The molecule has 3 aromatic rings. The van der Waals surface area contributed by atoms with Crippen LogP contribution in [0.4, 0.5) is 0 Å². The van der Waals surface area contributed by atoms with Crippen LogP contribution in [0.5, 0.6) is 0 Å². The molecule has 1 aliphatic rings. The Labute approximate surface area is 163 Å². The van der Waals surface area contributed by atoms with Crippen molar-refractivity contribution in [1.82, 2.24) is 14.2 Å². The molecule has 1 fully saturated rings. The van der Waals surface area contributed by atoms with E-state index in [-0.39, 0.29) is 0 Å². The molecular formula is C19H20ClN3O3S. The first kappa shape index (κ1) is 18.4. The third-order valence-electron chi connectivity index (χ3n) is 4.71. The number of hydrogen-bond donors (Lipinski definition) is 0. The van der Waals surface area contributed by atoms with E-state index in [1.54, 1.807) is 34.6 Å². The standard InChI is InChI=1S/C19H20ClN3O3S/c1-14-3-2-4-16(11-14)27(24,25)23-9-7-22(8-10-23)13-19-21-17-6-5-15(20)12-18(17)26-19/h2-6,11-12H,7-10,13H2,1H3. The summed E-state index contributed by atoms with van der Waals surface area (Å²) < 4.78 is 32.9. The Kier molecular flexibility index (Phi) is 4.94. The van der Waals surface area contributed by atoms with Crippen LogP contribution in [0.2, 0.25) is 5.02 Å². The lowest BCUT2D eigenvalue weighted by Gasteiger charge is -2.33. The van der Waals surface area contributed by atoms with Crippen LogP contribution in [0.1, 0.15) is 11.5 Å². The highest BCUT2D eigenvalue weighted by molar-refractivity contribution is 7.89. The third-order valence-corrected chi connectivity index (χ3v) is 6.84. The van der Waals surface area contributed by atoms with Crippen LogP contribution in [-0.2, 0) is 16.6 Å². The number of nitrogens with zero attached hydrogens (tertiary/aromatic N) is 3. The van der Waals surface area contributed by atoms with Crippen molar-refractivity contribution in [3.63, 3.8) is 0 Å². The van der Waals surface area contributed by atoms with Crippen LogP contribution in [0, 0.1) is 6.92 Å². The van der Waals surface area contributed by atoms with Gasteiger partial charge in [0.05, 0.1) is 11.4 Å². The first-order chi connectivity index (χ1) is 12.9. The van der Waals surface area contributed by atoms with Crippen molar-refractivity contribution in [2.45, 2.75) is 18.4 Å². The maximum atomic E-state index is 12.8. The predicted octanol–water partition coefficient (Wildman–Crippen LogP) is 3.30. The predicted molar refractivity (Wildman–Crippen MR) is 104 cm³/mol. The first-order valence-corrected chi connectivity index (χ1v) is 10.6. The maximum Gasteiger partial charge on any atom is 0.243 e. The molecule has 8 heteroatoms. The van der Waals surface area contributed by atoms with E-state index >= 15 is 0 Å². The lowest BCUT2D eigenvalue weighted by molar-refractivity contribution is 0.169. The van der Waals surface area contributed by atoms with Crippen molar-refractivity contribution in [3.8, 4) is 0 Å². The average molecular weight is 406 g/mol. The average Bonchev–Trinajstić information content (AvgIpc) is 3.03. The highest BCUT2D eigenvalue weighted by Crippen LogP contribution is 2.22. The summed E-state index contributed by atoms with van der Waals surface area (Å²) in [6.07, 6.45) is 0. The summed E-state index contributed by atoms with van der Waals surface area (Å²) in [5.74, 6) is 0.613. The van der Waals surface area contributed by atoms with E-state index in [4.69, 9.17) is 16.0 Å². The van der Waals surface area contributed by atoms with Gasteiger partial charge in [-0.05, 0) is 36.8 Å². The molecule has 6 nitrogen and oxygen atoms in total. The number of rotatable bonds is 4. The van der Waals surface area contributed by atoms with E-state index < -0.39 is 10.0 Å². The van der Waals surface area contributed by atoms with Crippen LogP contribution in [0.25, 0.3) is 11.1 Å². The molecule has 0 aliphatic carbocycles. The molecule has 0 N–H and O–H groups in total. The zero-order chi connectivity index (χ0) is 19.0. The highest BCUT2D eigenvalue weighted by Gasteiger charge is 2.29. The smallest absolute Gasteiger partial charge is 0.243 e. The molecule has 0 bridgehead atoms. The minimum atomic E-state index is -3.45. The number of sulfonamides is 1. The zero-order valence-electron chi connectivity index (χ0n) is 14.9. The Balaban J connectivity index is 1.42. The van der Waals surface area contributed by atoms with Gasteiger partial charge in [-0.25, -0.2) is 13.4 Å². The Morgan fingerprint density at radius 1 is 1.11 bits per heavy atom. The lowest BCUT2D eigenvalue weighted by atomic mass is 10.2. The second kappa shape index (κ2) is 7.24. The molecule has 0 radical (unpaired) electrons. The van der Waals surface area contributed by atoms with Gasteiger partial charge in [0.2, 0.25) is 15.9 Å². The summed E-state index contributed by atoms with van der Waals surface area (Å²) in [5, 5.41) is 0.611. The minimum Gasteiger partial charge on any atom is -0.439 e. The van der Waals surface area contributed by atoms with Crippen molar-refractivity contribution in [3.05, 3.63) is 58.9 Å². The molecule has 1 aliphatic heterocycles. The van der Waals surface area contributed by atoms with E-state index in [0.717, 1.165) is 11.1 Å². The fourth-order valence-corrected chi connectivity index (χ4v) is 4.95. The van der Waals surface area contributed by atoms with Crippen molar-refractivity contribution >= 4 is 32.7 Å². The Morgan fingerprint density at radius 2 is 1.89 bits per heavy atom. The molecule has 0 amide bonds. The Hall–Kier alpha value is -1.93. The second-order valence-electron chi connectivity index (χ2n) is 6.72. The molecule has 27 heavy (non-hydrogen) atoms. The van der Waals surface area contributed by atoms with E-state index in [2.05, 4.69) is 9.88 Å². The van der Waals surface area contributed by atoms with Crippen LogP contribution >= 0.6 is 11.6 Å². The van der Waals surface area contributed by atoms with Crippen LogP contribution in [-0.4, -0.2) is 48.8 Å². The molecule has 4 rings (SSSR count). The number of oxazole rings is 1. The molecular weight excluding hydrogens is 386 g/mol. The molecule has 0 unspecified atom stereocenters. The quantitative estimate of drug-likeness (QED) is 0.666. The number of fused-ring (bicyclic) bond motifs is 1. The van der Waals surface area contributed by atoms with E-state index in [9.17, 15) is 8.42 Å². The van der Waals surface area contributed by atoms with Gasteiger partial charge < -0.3 is 4.42 Å². The van der Waals surface area contributed by atoms with Crippen LogP contribution < -0.4 is 0 Å². The van der Waals surface area contributed by atoms with Crippen molar-refractivity contribution in [2.75, 3.05) is 26.2 Å². The van der Waals surface area contributed by atoms with Gasteiger partial charge in [-0.15, -0.1) is 0 Å². The number of hydrogen-bond acceptors (Lipinski definition) is 5. The molecule has 2 aromatic carbocycles. The largest absolute Gasteiger partial charge is 0.439 e. The summed E-state index contributed by atoms with van der Waals surface area (Å²) in [4.78, 5) is 6.98. The van der Waals surface area contributed by atoms with Crippen LogP contribution in [0.15, 0.2) is 51.8 Å². The van der Waals surface area contributed by atoms with Gasteiger partial charge in [0, 0.05) is 37.3 Å². The molecule has 142 valence electrons. The fraction of sp³-hybridized carbons (Fsp3) is 0.316. The first-order valence-electron chi connectivity index (χ1n) is 8.76. The lowest BCUT2D eigenvalue weighted by Crippen LogP contribution is -2.48. The topological polar surface area (TPSA) is 66.7 Å². The van der Waals surface area contributed by atoms with Gasteiger partial charge in [-0.2, -0.15) is 4.31 Å². The fourth-order valence-electron chi connectivity index (χ4n) is 3.26. The van der Waals surface area contributed by atoms with Gasteiger partial charge in [0.15, 0.2) is 5.58 Å². The second-order valence-corrected chi connectivity index (χ2v) is 9.09. The number of aromatic nitrogens is 1. The van der Waals surface area contributed by atoms with E-state index in [1.807, 2.05) is 19.1 Å². The molecule has 0 atom stereocenters. The van der Waals surface area contributed by atoms with Crippen LogP contribution in [0.3, 0.4) is 0 Å². The van der Waals surface area contributed by atoms with Crippen molar-refractivity contribution < 1.29 is 12.8 Å². The molecule has 1 saturated heterocycles. The maximum absolute atomic E-state index is 12.8. The third kappa shape index (κ3) is 3.87. The normalized spacial score (nSPS) is 16.8. The summed E-state index contributed by atoms with van der Waals surface area (Å²) in [7, 11) is -3.45. The van der Waals surface area contributed by atoms with Crippen molar-refractivity contribution in [2.24, 2.45) is 0 Å². The molecule has 1 aromatic heterocycles. The summed E-state index contributed by atoms with van der Waals surface area (Å²) in [6, 6.07) is 12.4. The van der Waals surface area contributed by atoms with Gasteiger partial charge in [0.25, 0.3) is 0 Å². The Bertz CT molecular complexity index is 1070. The van der Waals surface area contributed by atoms with Gasteiger partial charge >= 0.3 is 0 Å². The summed E-state index contributed by atoms with van der Waals surface area (Å²) in [6.45, 7) is 4.59. The SMILES string of the molecule is Cc1cccc(S(=O)(=O)N2CCN(Cc3nc4ccc(Cl)cc4o3)CC2)c1. The monoisotopic (exact) mass is 405 g/mol. The number of aryl methyl sites for hydroxylation is 1. The molecule has 2 heterocycles. The van der Waals surface area contributed by atoms with Gasteiger partial charge in [-0.1, -0.05) is 23.7 Å². The van der Waals surface area contributed by atoms with Crippen molar-refractivity contribution in [1.29, 1.82) is 0 Å². The van der Waals surface area contributed by atoms with E-state index in [0.29, 0.717) is 54.1 Å². The zero-order valence-corrected chi connectivity index (χ0v) is 16.5. The number of halogens is 1. The Morgan fingerprint density at radius 3 is 2.63 bits per heavy atom. The number of benzene rings is 2. The molecule has 0 spiro atoms. The van der Waals surface area contributed by atoms with Gasteiger partial charge in [0.1, 0.15) is 5.52 Å². The minimum absolute atomic E-state index is 0.353. The molecule has 0 saturated carbocycles.